The molecule has 58 valence electrons. The number of hydrogen-bond donors (Lipinski definition) is 1. The Hall–Kier alpha value is -0.600. The van der Waals surface area contributed by atoms with Crippen LogP contribution >= 0.6 is 15.9 Å². The van der Waals surface area contributed by atoms with Crippen LogP contribution in [-0.4, -0.2) is 11.7 Å². The summed E-state index contributed by atoms with van der Waals surface area (Å²) in [4.78, 5) is 0. The highest BCUT2D eigenvalue weighted by Crippen LogP contribution is 2.11. The lowest BCUT2D eigenvalue weighted by molar-refractivity contribution is 0.343. The third kappa shape index (κ3) is 2.87. The summed E-state index contributed by atoms with van der Waals surface area (Å²) >= 11 is 3.34. The van der Waals surface area contributed by atoms with Gasteiger partial charge in [0.2, 0.25) is 0 Å². The van der Waals surface area contributed by atoms with Crippen molar-refractivity contribution in [2.24, 2.45) is 0 Å². The molecule has 0 amide bonds. The summed E-state index contributed by atoms with van der Waals surface area (Å²) in [6.07, 6.45) is 3.59. The smallest absolute Gasteiger partial charge is 0.0615 e. The molecule has 0 saturated carbocycles. The normalized spacial score (nSPS) is 10.7. The summed E-state index contributed by atoms with van der Waals surface area (Å²) < 4.78 is 1.07. The number of halogens is 1. The SMILES string of the molecule is OC/C=C\c1ccc(Br)cc1. The van der Waals surface area contributed by atoms with Gasteiger partial charge in [0.15, 0.2) is 0 Å². The predicted molar refractivity (Wildman–Crippen MR) is 50.3 cm³/mol. The molecule has 0 aliphatic rings. The van der Waals surface area contributed by atoms with E-state index in [2.05, 4.69) is 15.9 Å². The highest BCUT2D eigenvalue weighted by atomic mass is 79.9. The van der Waals surface area contributed by atoms with E-state index in [1.165, 1.54) is 0 Å². The van der Waals surface area contributed by atoms with Crippen LogP contribution in [-0.2, 0) is 0 Å². The van der Waals surface area contributed by atoms with E-state index >= 15 is 0 Å². The molecule has 0 fully saturated rings. The molecule has 1 N–H and O–H groups in total. The molecule has 0 heterocycles. The fraction of sp³-hybridized carbons (Fsp3) is 0.111. The summed E-state index contributed by atoms with van der Waals surface area (Å²) in [5.74, 6) is 0. The first-order chi connectivity index (χ1) is 5.33. The van der Waals surface area contributed by atoms with Crippen molar-refractivity contribution in [3.05, 3.63) is 40.4 Å². The van der Waals surface area contributed by atoms with Crippen LogP contribution < -0.4 is 0 Å². The summed E-state index contributed by atoms with van der Waals surface area (Å²) in [7, 11) is 0. The van der Waals surface area contributed by atoms with E-state index in [1.807, 2.05) is 30.3 Å². The lowest BCUT2D eigenvalue weighted by atomic mass is 10.2. The van der Waals surface area contributed by atoms with Crippen LogP contribution in [0.1, 0.15) is 5.56 Å². The minimum absolute atomic E-state index is 0.0933. The minimum Gasteiger partial charge on any atom is -0.392 e. The lowest BCUT2D eigenvalue weighted by Crippen LogP contribution is -1.73. The van der Waals surface area contributed by atoms with Gasteiger partial charge in [-0.25, -0.2) is 0 Å². The van der Waals surface area contributed by atoms with E-state index in [0.717, 1.165) is 10.0 Å². The molecule has 0 spiro atoms. The third-order valence-corrected chi connectivity index (χ3v) is 1.81. The summed E-state index contributed by atoms with van der Waals surface area (Å²) in [5.41, 5.74) is 1.10. The zero-order valence-electron chi connectivity index (χ0n) is 6.00. The molecule has 0 aliphatic heterocycles. The van der Waals surface area contributed by atoms with Crippen LogP contribution in [0.3, 0.4) is 0 Å². The second-order valence-electron chi connectivity index (χ2n) is 2.14. The molecule has 0 saturated heterocycles. The topological polar surface area (TPSA) is 20.2 Å². The Balaban J connectivity index is 2.73. The van der Waals surface area contributed by atoms with Gasteiger partial charge in [-0.1, -0.05) is 40.2 Å². The largest absolute Gasteiger partial charge is 0.392 e. The summed E-state index contributed by atoms with van der Waals surface area (Å²) in [5, 5.41) is 8.49. The van der Waals surface area contributed by atoms with Gasteiger partial charge in [0, 0.05) is 4.47 Å². The number of aliphatic hydroxyl groups excluding tert-OH is 1. The van der Waals surface area contributed by atoms with Crippen LogP contribution in [0.25, 0.3) is 6.08 Å². The third-order valence-electron chi connectivity index (χ3n) is 1.29. The number of aliphatic hydroxyl groups is 1. The molecule has 2 heteroatoms. The maximum Gasteiger partial charge on any atom is 0.0615 e. The molecule has 0 radical (unpaired) electrons. The monoisotopic (exact) mass is 212 g/mol. The highest BCUT2D eigenvalue weighted by Gasteiger charge is 1.85. The second-order valence-corrected chi connectivity index (χ2v) is 3.05. The van der Waals surface area contributed by atoms with Gasteiger partial charge in [-0.15, -0.1) is 0 Å². The van der Waals surface area contributed by atoms with Crippen molar-refractivity contribution in [3.8, 4) is 0 Å². The van der Waals surface area contributed by atoms with Crippen molar-refractivity contribution in [2.45, 2.75) is 0 Å². The quantitative estimate of drug-likeness (QED) is 0.799. The molecule has 0 aromatic heterocycles. The summed E-state index contributed by atoms with van der Waals surface area (Å²) in [6.45, 7) is 0.0933. The first-order valence-electron chi connectivity index (χ1n) is 3.36. The predicted octanol–water partition coefficient (Wildman–Crippen LogP) is 2.45. The van der Waals surface area contributed by atoms with E-state index in [-0.39, 0.29) is 6.61 Å². The van der Waals surface area contributed by atoms with E-state index < -0.39 is 0 Å². The molecule has 0 aliphatic carbocycles. The molecule has 1 nitrogen and oxygen atoms in total. The van der Waals surface area contributed by atoms with Gasteiger partial charge in [-0.2, -0.15) is 0 Å². The van der Waals surface area contributed by atoms with Gasteiger partial charge in [-0.3, -0.25) is 0 Å². The molecule has 0 unspecified atom stereocenters. The van der Waals surface area contributed by atoms with E-state index in [1.54, 1.807) is 6.08 Å². The van der Waals surface area contributed by atoms with Gasteiger partial charge >= 0.3 is 0 Å². The fourth-order valence-corrected chi connectivity index (χ4v) is 1.03. The number of hydrogen-bond acceptors (Lipinski definition) is 1. The molecular formula is C9H9BrO. The first-order valence-corrected chi connectivity index (χ1v) is 4.15. The standard InChI is InChI=1S/C9H9BrO/c10-9-5-3-8(4-6-9)2-1-7-11/h1-6,11H,7H2/b2-1-. The van der Waals surface area contributed by atoms with Gasteiger partial charge in [0.05, 0.1) is 6.61 Å². The Labute approximate surface area is 74.5 Å². The Morgan fingerprint density at radius 1 is 1.27 bits per heavy atom. The number of benzene rings is 1. The average molecular weight is 213 g/mol. The van der Waals surface area contributed by atoms with Crippen molar-refractivity contribution in [3.63, 3.8) is 0 Å². The van der Waals surface area contributed by atoms with Crippen LogP contribution in [0.15, 0.2) is 34.8 Å². The first kappa shape index (κ1) is 8.50. The average Bonchev–Trinajstić information content (AvgIpc) is 2.04. The highest BCUT2D eigenvalue weighted by molar-refractivity contribution is 9.10. The lowest BCUT2D eigenvalue weighted by Gasteiger charge is -1.91. The van der Waals surface area contributed by atoms with E-state index in [9.17, 15) is 0 Å². The maximum atomic E-state index is 8.49. The van der Waals surface area contributed by atoms with Gasteiger partial charge in [0.1, 0.15) is 0 Å². The van der Waals surface area contributed by atoms with Gasteiger partial charge < -0.3 is 5.11 Å². The molecule has 1 aromatic rings. The molecule has 1 aromatic carbocycles. The Morgan fingerprint density at radius 2 is 1.91 bits per heavy atom. The van der Waals surface area contributed by atoms with Crippen molar-refractivity contribution in [1.82, 2.24) is 0 Å². The van der Waals surface area contributed by atoms with Crippen LogP contribution in [0.4, 0.5) is 0 Å². The Morgan fingerprint density at radius 3 is 2.45 bits per heavy atom. The fourth-order valence-electron chi connectivity index (χ4n) is 0.763. The van der Waals surface area contributed by atoms with Crippen molar-refractivity contribution >= 4 is 22.0 Å². The van der Waals surface area contributed by atoms with Gasteiger partial charge in [-0.05, 0) is 17.7 Å². The number of rotatable bonds is 2. The van der Waals surface area contributed by atoms with Crippen LogP contribution in [0, 0.1) is 0 Å². The zero-order chi connectivity index (χ0) is 8.10. The second kappa shape index (κ2) is 4.31. The zero-order valence-corrected chi connectivity index (χ0v) is 7.58. The van der Waals surface area contributed by atoms with Crippen molar-refractivity contribution in [2.75, 3.05) is 6.61 Å². The Kier molecular flexibility index (Phi) is 3.33. The Bertz CT molecular complexity index is 238. The van der Waals surface area contributed by atoms with Crippen molar-refractivity contribution < 1.29 is 5.11 Å². The molecule has 0 bridgehead atoms. The van der Waals surface area contributed by atoms with E-state index in [4.69, 9.17) is 5.11 Å². The van der Waals surface area contributed by atoms with Crippen molar-refractivity contribution in [1.29, 1.82) is 0 Å². The van der Waals surface area contributed by atoms with Gasteiger partial charge in [0.25, 0.3) is 0 Å². The molecular weight excluding hydrogens is 204 g/mol. The van der Waals surface area contributed by atoms with E-state index in [0.29, 0.717) is 0 Å². The maximum absolute atomic E-state index is 8.49. The summed E-state index contributed by atoms with van der Waals surface area (Å²) in [6, 6.07) is 7.90. The van der Waals surface area contributed by atoms with Crippen LogP contribution in [0.2, 0.25) is 0 Å². The van der Waals surface area contributed by atoms with Crippen LogP contribution in [0.5, 0.6) is 0 Å². The minimum atomic E-state index is 0.0933. The molecule has 0 atom stereocenters. The molecule has 11 heavy (non-hydrogen) atoms. The molecule has 1 rings (SSSR count).